The zero-order valence-corrected chi connectivity index (χ0v) is 14.3. The lowest BCUT2D eigenvalue weighted by Gasteiger charge is -2.18. The predicted molar refractivity (Wildman–Crippen MR) is 92.1 cm³/mol. The lowest BCUT2D eigenvalue weighted by atomic mass is 10.2. The molecule has 0 saturated heterocycles. The van der Waals surface area contributed by atoms with Crippen molar-refractivity contribution in [1.29, 1.82) is 0 Å². The average Bonchev–Trinajstić information content (AvgIpc) is 3.10. The number of rotatable bonds is 6. The number of carbonyl (C=O) groups excluding carboxylic acids is 2. The quantitative estimate of drug-likeness (QED) is 0.769. The van der Waals surface area contributed by atoms with Crippen LogP contribution in [0.2, 0.25) is 0 Å². The first-order valence-corrected chi connectivity index (χ1v) is 7.91. The molecular formula is C17H18N4O5. The molecule has 0 aliphatic carbocycles. The zero-order chi connectivity index (χ0) is 18.5. The van der Waals surface area contributed by atoms with Crippen molar-refractivity contribution in [2.75, 3.05) is 30.6 Å². The molecule has 2 aromatic rings. The summed E-state index contributed by atoms with van der Waals surface area (Å²) in [7, 11) is 1.66. The van der Waals surface area contributed by atoms with Crippen molar-refractivity contribution in [3.63, 3.8) is 0 Å². The summed E-state index contributed by atoms with van der Waals surface area (Å²) in [4.78, 5) is 33.8. The Morgan fingerprint density at radius 1 is 1.27 bits per heavy atom. The maximum atomic E-state index is 12.2. The number of hydrogen-bond acceptors (Lipinski definition) is 8. The Balaban J connectivity index is 1.51. The topological polar surface area (TPSA) is 103 Å². The number of aromatic nitrogens is 2. The number of esters is 1. The summed E-state index contributed by atoms with van der Waals surface area (Å²) in [6.07, 6.45) is 2.19. The molecule has 1 amide bonds. The Kier molecular flexibility index (Phi) is 5.16. The highest BCUT2D eigenvalue weighted by molar-refractivity contribution is 5.95. The molecule has 1 N–H and O–H groups in total. The number of hydrogen-bond donors (Lipinski definition) is 1. The summed E-state index contributed by atoms with van der Waals surface area (Å²) in [5, 5.41) is 2.67. The first-order chi connectivity index (χ1) is 12.5. The molecule has 9 nitrogen and oxygen atoms in total. The van der Waals surface area contributed by atoms with Crippen molar-refractivity contribution < 1.29 is 23.8 Å². The molecule has 0 fully saturated rings. The van der Waals surface area contributed by atoms with E-state index in [2.05, 4.69) is 15.3 Å². The van der Waals surface area contributed by atoms with Gasteiger partial charge in [0.2, 0.25) is 12.7 Å². The second-order valence-electron chi connectivity index (χ2n) is 5.59. The number of amides is 1. The van der Waals surface area contributed by atoms with Gasteiger partial charge in [0.1, 0.15) is 6.54 Å². The number of nitrogens with zero attached hydrogens (tertiary/aromatic N) is 3. The molecule has 0 bridgehead atoms. The van der Waals surface area contributed by atoms with Crippen LogP contribution >= 0.6 is 0 Å². The van der Waals surface area contributed by atoms with E-state index in [4.69, 9.17) is 14.2 Å². The molecular weight excluding hydrogens is 340 g/mol. The summed E-state index contributed by atoms with van der Waals surface area (Å²) in [5.41, 5.74) is 0.525. The summed E-state index contributed by atoms with van der Waals surface area (Å²) < 4.78 is 15.6. The van der Waals surface area contributed by atoms with Gasteiger partial charge in [-0.3, -0.25) is 9.59 Å². The van der Waals surface area contributed by atoms with Gasteiger partial charge >= 0.3 is 5.97 Å². The van der Waals surface area contributed by atoms with Crippen LogP contribution < -0.4 is 19.7 Å². The van der Waals surface area contributed by atoms with Gasteiger partial charge in [-0.15, -0.1) is 0 Å². The fraction of sp³-hybridized carbons (Fsp3) is 0.294. The van der Waals surface area contributed by atoms with Gasteiger partial charge in [-0.05, 0) is 25.1 Å². The van der Waals surface area contributed by atoms with Gasteiger partial charge in [-0.1, -0.05) is 0 Å². The van der Waals surface area contributed by atoms with E-state index in [9.17, 15) is 9.59 Å². The Labute approximate surface area is 149 Å². The summed E-state index contributed by atoms with van der Waals surface area (Å²) >= 11 is 0. The van der Waals surface area contributed by atoms with E-state index in [1.807, 2.05) is 0 Å². The van der Waals surface area contributed by atoms with Crippen molar-refractivity contribution in [3.8, 4) is 11.5 Å². The number of fused-ring (bicyclic) bond motifs is 1. The van der Waals surface area contributed by atoms with Crippen molar-refractivity contribution in [3.05, 3.63) is 36.7 Å². The fourth-order valence-electron chi connectivity index (χ4n) is 2.26. The number of benzene rings is 1. The molecule has 26 heavy (non-hydrogen) atoms. The Hall–Kier alpha value is -3.36. The van der Waals surface area contributed by atoms with E-state index < -0.39 is 18.0 Å². The van der Waals surface area contributed by atoms with E-state index in [-0.39, 0.29) is 13.3 Å². The van der Waals surface area contributed by atoms with Crippen molar-refractivity contribution in [2.45, 2.75) is 13.0 Å². The molecule has 0 saturated carbocycles. The molecule has 3 rings (SSSR count). The van der Waals surface area contributed by atoms with Crippen LogP contribution in [0.25, 0.3) is 0 Å². The largest absolute Gasteiger partial charge is 0.454 e. The van der Waals surface area contributed by atoms with Gasteiger partial charge in [0.15, 0.2) is 17.6 Å². The Morgan fingerprint density at radius 3 is 2.77 bits per heavy atom. The van der Waals surface area contributed by atoms with Crippen LogP contribution in [-0.2, 0) is 14.3 Å². The van der Waals surface area contributed by atoms with Gasteiger partial charge in [-0.25, -0.2) is 9.97 Å². The van der Waals surface area contributed by atoms with Crippen LogP contribution in [0, 0.1) is 0 Å². The van der Waals surface area contributed by atoms with Gasteiger partial charge in [-0.2, -0.15) is 0 Å². The Morgan fingerprint density at radius 2 is 2.00 bits per heavy atom. The van der Waals surface area contributed by atoms with Crippen molar-refractivity contribution in [1.82, 2.24) is 9.97 Å². The number of carbonyl (C=O) groups is 2. The average molecular weight is 358 g/mol. The molecule has 1 aromatic heterocycles. The predicted octanol–water partition coefficient (Wildman–Crippen LogP) is 1.21. The summed E-state index contributed by atoms with van der Waals surface area (Å²) in [5.74, 6) is 0.552. The van der Waals surface area contributed by atoms with Crippen molar-refractivity contribution >= 4 is 23.5 Å². The third-order valence-corrected chi connectivity index (χ3v) is 3.58. The third kappa shape index (κ3) is 4.18. The second kappa shape index (κ2) is 7.68. The second-order valence-corrected chi connectivity index (χ2v) is 5.59. The molecule has 1 atom stereocenters. The minimum absolute atomic E-state index is 0.0777. The molecule has 136 valence electrons. The maximum Gasteiger partial charge on any atom is 0.326 e. The van der Waals surface area contributed by atoms with Crippen LogP contribution in [0.4, 0.5) is 11.6 Å². The molecule has 9 heteroatoms. The number of likely N-dealkylation sites (N-methyl/N-ethyl adjacent to an activating group) is 1. The summed E-state index contributed by atoms with van der Waals surface area (Å²) in [6, 6.07) is 6.71. The molecule has 0 spiro atoms. The zero-order valence-electron chi connectivity index (χ0n) is 14.3. The first-order valence-electron chi connectivity index (χ1n) is 7.91. The van der Waals surface area contributed by atoms with Crippen LogP contribution in [0.3, 0.4) is 0 Å². The lowest BCUT2D eigenvalue weighted by molar-refractivity contribution is -0.151. The molecule has 1 unspecified atom stereocenters. The van der Waals surface area contributed by atoms with Gasteiger partial charge in [0.05, 0.1) is 0 Å². The molecule has 0 radical (unpaired) electrons. The number of nitrogens with one attached hydrogen (secondary N) is 1. The normalized spacial score (nSPS) is 13.0. The number of anilines is 2. The van der Waals surface area contributed by atoms with Gasteiger partial charge < -0.3 is 24.4 Å². The van der Waals surface area contributed by atoms with Gasteiger partial charge in [0.25, 0.3) is 5.91 Å². The SMILES string of the molecule is CC(OC(=O)CN(C)c1ncccn1)C(=O)Nc1ccc2c(c1)OCO2. The van der Waals surface area contributed by atoms with Crippen LogP contribution in [0.5, 0.6) is 11.5 Å². The van der Waals surface area contributed by atoms with Crippen molar-refractivity contribution in [2.24, 2.45) is 0 Å². The molecule has 1 aliphatic rings. The lowest BCUT2D eigenvalue weighted by Crippen LogP contribution is -2.35. The highest BCUT2D eigenvalue weighted by Gasteiger charge is 2.21. The maximum absolute atomic E-state index is 12.2. The smallest absolute Gasteiger partial charge is 0.326 e. The first kappa shape index (κ1) is 17.5. The van der Waals surface area contributed by atoms with E-state index in [0.717, 1.165) is 0 Å². The standard InChI is InChI=1S/C17H18N4O5/c1-11(26-15(22)9-21(2)17-18-6-3-7-19-17)16(23)20-12-4-5-13-14(8-12)25-10-24-13/h3-8,11H,9-10H2,1-2H3,(H,20,23). The van der Waals surface area contributed by atoms with E-state index in [0.29, 0.717) is 23.1 Å². The molecule has 1 aromatic carbocycles. The minimum Gasteiger partial charge on any atom is -0.454 e. The van der Waals surface area contributed by atoms with E-state index in [1.54, 1.807) is 43.7 Å². The highest BCUT2D eigenvalue weighted by atomic mass is 16.7. The van der Waals surface area contributed by atoms with Crippen LogP contribution in [0.15, 0.2) is 36.7 Å². The van der Waals surface area contributed by atoms with E-state index in [1.165, 1.54) is 11.8 Å². The van der Waals surface area contributed by atoms with E-state index >= 15 is 0 Å². The highest BCUT2D eigenvalue weighted by Crippen LogP contribution is 2.34. The molecule has 2 heterocycles. The monoisotopic (exact) mass is 358 g/mol. The Bertz CT molecular complexity index is 799. The summed E-state index contributed by atoms with van der Waals surface area (Å²) in [6.45, 7) is 1.57. The van der Waals surface area contributed by atoms with Gasteiger partial charge in [0, 0.05) is 31.2 Å². The number of ether oxygens (including phenoxy) is 3. The third-order valence-electron chi connectivity index (χ3n) is 3.58. The van der Waals surface area contributed by atoms with Crippen LogP contribution in [0.1, 0.15) is 6.92 Å². The molecule has 1 aliphatic heterocycles. The minimum atomic E-state index is -0.960. The van der Waals surface area contributed by atoms with Crippen LogP contribution in [-0.4, -0.2) is 48.3 Å². The fourth-order valence-corrected chi connectivity index (χ4v) is 2.26.